The molecule has 0 aromatic heterocycles. The molecule has 2 aromatic carbocycles. The zero-order valence-electron chi connectivity index (χ0n) is 16.0. The van der Waals surface area contributed by atoms with Crippen LogP contribution in [-0.2, 0) is 11.2 Å². The molecule has 1 aliphatic rings. The van der Waals surface area contributed by atoms with Crippen molar-refractivity contribution >= 4 is 17.5 Å². The van der Waals surface area contributed by atoms with Gasteiger partial charge in [-0.05, 0) is 42.7 Å². The number of para-hydroxylation sites is 1. The average molecular weight is 404 g/mol. The fraction of sp³-hybridized carbons (Fsp3) is 0.333. The van der Waals surface area contributed by atoms with Gasteiger partial charge in [-0.1, -0.05) is 18.2 Å². The fourth-order valence-corrected chi connectivity index (χ4v) is 3.28. The van der Waals surface area contributed by atoms with Crippen LogP contribution >= 0.6 is 0 Å². The number of alkyl halides is 2. The number of hydrogen-bond donors (Lipinski definition) is 1. The smallest absolute Gasteiger partial charge is 0.387 e. The monoisotopic (exact) mass is 404 g/mol. The maximum atomic E-state index is 12.6. The van der Waals surface area contributed by atoms with E-state index in [1.54, 1.807) is 41.3 Å². The molecule has 0 unspecified atom stereocenters. The number of ether oxygens (including phenoxy) is 2. The number of halogens is 2. The quantitative estimate of drug-likeness (QED) is 0.732. The van der Waals surface area contributed by atoms with Gasteiger partial charge in [0.15, 0.2) is 11.5 Å². The molecule has 0 saturated carbocycles. The summed E-state index contributed by atoms with van der Waals surface area (Å²) in [4.78, 5) is 26.3. The van der Waals surface area contributed by atoms with E-state index in [0.717, 1.165) is 12.0 Å². The van der Waals surface area contributed by atoms with Crippen molar-refractivity contribution in [2.45, 2.75) is 25.9 Å². The molecule has 29 heavy (non-hydrogen) atoms. The summed E-state index contributed by atoms with van der Waals surface area (Å²) in [7, 11) is 1.37. The van der Waals surface area contributed by atoms with Crippen molar-refractivity contribution in [3.05, 3.63) is 53.6 Å². The normalized spacial score (nSPS) is 13.7. The van der Waals surface area contributed by atoms with E-state index in [0.29, 0.717) is 37.2 Å². The largest absolute Gasteiger partial charge is 0.493 e. The summed E-state index contributed by atoms with van der Waals surface area (Å²) < 4.78 is 34.3. The summed E-state index contributed by atoms with van der Waals surface area (Å²) >= 11 is 0. The molecule has 3 rings (SSSR count). The second-order valence-corrected chi connectivity index (χ2v) is 6.54. The molecule has 1 aliphatic heterocycles. The molecule has 2 amide bonds. The van der Waals surface area contributed by atoms with E-state index in [1.165, 1.54) is 13.2 Å². The van der Waals surface area contributed by atoms with Gasteiger partial charge in [0, 0.05) is 19.5 Å². The number of nitrogens with one attached hydrogen (secondary N) is 1. The Kier molecular flexibility index (Phi) is 6.64. The lowest BCUT2D eigenvalue weighted by Gasteiger charge is -2.19. The van der Waals surface area contributed by atoms with Crippen molar-refractivity contribution in [2.75, 3.05) is 25.1 Å². The van der Waals surface area contributed by atoms with Crippen LogP contribution in [0.5, 0.6) is 11.5 Å². The minimum Gasteiger partial charge on any atom is -0.493 e. The van der Waals surface area contributed by atoms with Crippen LogP contribution in [0.25, 0.3) is 0 Å². The zero-order chi connectivity index (χ0) is 20.8. The number of nitrogens with zero attached hydrogens (tertiary/aromatic N) is 1. The van der Waals surface area contributed by atoms with E-state index < -0.39 is 6.61 Å². The SMILES string of the molecule is COc1cc(CCNC(=O)c2ccccc2N2CCCC2=O)ccc1OC(F)F. The van der Waals surface area contributed by atoms with Gasteiger partial charge in [0.05, 0.1) is 18.4 Å². The topological polar surface area (TPSA) is 67.9 Å². The first-order valence-corrected chi connectivity index (χ1v) is 9.29. The van der Waals surface area contributed by atoms with Crippen LogP contribution < -0.4 is 19.7 Å². The Balaban J connectivity index is 1.63. The molecule has 1 saturated heterocycles. The van der Waals surface area contributed by atoms with Crippen molar-refractivity contribution in [3.8, 4) is 11.5 Å². The average Bonchev–Trinajstić information content (AvgIpc) is 3.14. The molecule has 1 heterocycles. The third kappa shape index (κ3) is 5.01. The van der Waals surface area contributed by atoms with Crippen LogP contribution in [0.4, 0.5) is 14.5 Å². The van der Waals surface area contributed by atoms with E-state index in [-0.39, 0.29) is 23.3 Å². The van der Waals surface area contributed by atoms with Crippen LogP contribution in [0, 0.1) is 0 Å². The number of anilines is 1. The van der Waals surface area contributed by atoms with Crippen LogP contribution in [-0.4, -0.2) is 38.6 Å². The molecular formula is C21H22F2N2O4. The molecule has 0 spiro atoms. The van der Waals surface area contributed by atoms with Gasteiger partial charge >= 0.3 is 6.61 Å². The predicted octanol–water partition coefficient (Wildman–Crippen LogP) is 3.40. The molecule has 154 valence electrons. The van der Waals surface area contributed by atoms with E-state index in [2.05, 4.69) is 10.1 Å². The number of carbonyl (C=O) groups excluding carboxylic acids is 2. The van der Waals surface area contributed by atoms with Crippen molar-refractivity contribution < 1.29 is 27.8 Å². The number of benzene rings is 2. The molecule has 1 N–H and O–H groups in total. The highest BCUT2D eigenvalue weighted by Gasteiger charge is 2.25. The molecule has 8 heteroatoms. The first-order chi connectivity index (χ1) is 14.0. The summed E-state index contributed by atoms with van der Waals surface area (Å²) in [5.74, 6) is -0.0973. The molecular weight excluding hydrogens is 382 g/mol. The molecule has 0 radical (unpaired) electrons. The van der Waals surface area contributed by atoms with Crippen LogP contribution in [0.2, 0.25) is 0 Å². The van der Waals surface area contributed by atoms with Gasteiger partial charge in [-0.25, -0.2) is 0 Å². The standard InChI is InChI=1S/C21H22F2N2O4/c1-28-18-13-14(8-9-17(18)29-21(22)23)10-11-24-20(27)15-5-2-3-6-16(15)25-12-4-7-19(25)26/h2-3,5-6,8-9,13,21H,4,7,10-12H2,1H3,(H,24,27). The number of hydrogen-bond acceptors (Lipinski definition) is 4. The third-order valence-electron chi connectivity index (χ3n) is 4.66. The Morgan fingerprint density at radius 2 is 2.00 bits per heavy atom. The second-order valence-electron chi connectivity index (χ2n) is 6.54. The molecule has 0 aliphatic carbocycles. The van der Waals surface area contributed by atoms with Crippen molar-refractivity contribution in [1.82, 2.24) is 5.32 Å². The third-order valence-corrected chi connectivity index (χ3v) is 4.66. The first kappa shape index (κ1) is 20.6. The Morgan fingerprint density at radius 1 is 1.21 bits per heavy atom. The van der Waals surface area contributed by atoms with Crippen LogP contribution in [0.3, 0.4) is 0 Å². The second kappa shape index (κ2) is 9.36. The Bertz CT molecular complexity index is 889. The lowest BCUT2D eigenvalue weighted by atomic mass is 10.1. The minimum absolute atomic E-state index is 0.0171. The Hall–Kier alpha value is -3.16. The van der Waals surface area contributed by atoms with E-state index in [4.69, 9.17) is 4.74 Å². The molecule has 1 fully saturated rings. The summed E-state index contributed by atoms with van der Waals surface area (Å²) in [6, 6.07) is 11.7. The highest BCUT2D eigenvalue weighted by Crippen LogP contribution is 2.29. The minimum atomic E-state index is -2.93. The van der Waals surface area contributed by atoms with Crippen molar-refractivity contribution in [1.29, 1.82) is 0 Å². The number of rotatable bonds is 8. The van der Waals surface area contributed by atoms with Crippen molar-refractivity contribution in [3.63, 3.8) is 0 Å². The lowest BCUT2D eigenvalue weighted by molar-refractivity contribution is -0.117. The summed E-state index contributed by atoms with van der Waals surface area (Å²) in [5, 5.41) is 2.84. The Labute approximate surface area is 167 Å². The van der Waals surface area contributed by atoms with Gasteiger partial charge in [0.25, 0.3) is 5.91 Å². The number of amides is 2. The van der Waals surface area contributed by atoms with Gasteiger partial charge in [-0.2, -0.15) is 8.78 Å². The summed E-state index contributed by atoms with van der Waals surface area (Å²) in [5.41, 5.74) is 1.86. The van der Waals surface area contributed by atoms with E-state index in [9.17, 15) is 18.4 Å². The van der Waals surface area contributed by atoms with Gasteiger partial charge in [-0.3, -0.25) is 9.59 Å². The maximum absolute atomic E-state index is 12.6. The maximum Gasteiger partial charge on any atom is 0.387 e. The van der Waals surface area contributed by atoms with E-state index >= 15 is 0 Å². The fourth-order valence-electron chi connectivity index (χ4n) is 3.28. The lowest BCUT2D eigenvalue weighted by Crippen LogP contribution is -2.30. The van der Waals surface area contributed by atoms with Crippen molar-refractivity contribution in [2.24, 2.45) is 0 Å². The van der Waals surface area contributed by atoms with Gasteiger partial charge in [0.2, 0.25) is 5.91 Å². The molecule has 2 aromatic rings. The number of carbonyl (C=O) groups is 2. The summed E-state index contributed by atoms with van der Waals surface area (Å²) in [6.07, 6.45) is 1.74. The van der Waals surface area contributed by atoms with E-state index in [1.807, 2.05) is 0 Å². The predicted molar refractivity (Wildman–Crippen MR) is 104 cm³/mol. The Morgan fingerprint density at radius 3 is 2.69 bits per heavy atom. The van der Waals surface area contributed by atoms with Crippen LogP contribution in [0.15, 0.2) is 42.5 Å². The molecule has 6 nitrogen and oxygen atoms in total. The zero-order valence-corrected chi connectivity index (χ0v) is 16.0. The molecule has 0 bridgehead atoms. The van der Waals surface area contributed by atoms with Gasteiger partial charge in [0.1, 0.15) is 0 Å². The first-order valence-electron chi connectivity index (χ1n) is 9.29. The van der Waals surface area contributed by atoms with Gasteiger partial charge in [-0.15, -0.1) is 0 Å². The molecule has 0 atom stereocenters. The van der Waals surface area contributed by atoms with Gasteiger partial charge < -0.3 is 19.7 Å². The summed E-state index contributed by atoms with van der Waals surface area (Å²) in [6.45, 7) is -1.99. The highest BCUT2D eigenvalue weighted by atomic mass is 19.3. The van der Waals surface area contributed by atoms with Crippen LogP contribution in [0.1, 0.15) is 28.8 Å². The number of methoxy groups -OCH3 is 1. The highest BCUT2D eigenvalue weighted by molar-refractivity contribution is 6.05.